The molecule has 0 bridgehead atoms. The highest BCUT2D eigenvalue weighted by Crippen LogP contribution is 2.36. The Morgan fingerprint density at radius 2 is 1.46 bits per heavy atom. The maximum atomic E-state index is 11.0. The van der Waals surface area contributed by atoms with Crippen molar-refractivity contribution in [3.8, 4) is 0 Å². The highest BCUT2D eigenvalue weighted by Gasteiger charge is 2.25. The summed E-state index contributed by atoms with van der Waals surface area (Å²) in [6, 6.07) is 0. The minimum absolute atomic E-state index is 0.136. The van der Waals surface area contributed by atoms with Crippen LogP contribution in [0.15, 0.2) is 0 Å². The van der Waals surface area contributed by atoms with Gasteiger partial charge in [-0.1, -0.05) is 45.4 Å². The number of hydrogen-bond acceptors (Lipinski definition) is 5. The largest absolute Gasteiger partial charge is 0.481 e. The van der Waals surface area contributed by atoms with Crippen LogP contribution in [0.25, 0.3) is 0 Å². The summed E-state index contributed by atoms with van der Waals surface area (Å²) in [4.78, 5) is 20.9. The van der Waals surface area contributed by atoms with Crippen molar-refractivity contribution in [1.29, 1.82) is 0 Å². The van der Waals surface area contributed by atoms with Crippen LogP contribution < -0.4 is 0 Å². The van der Waals surface area contributed by atoms with Gasteiger partial charge in [0.2, 0.25) is 0 Å². The number of unbranched alkanes of at least 4 members (excludes halogenated alkanes) is 7. The van der Waals surface area contributed by atoms with E-state index in [4.69, 9.17) is 18.9 Å². The normalized spacial score (nSPS) is 14.2. The van der Waals surface area contributed by atoms with E-state index >= 15 is 0 Å². The first-order chi connectivity index (χ1) is 13.2. The topological polar surface area (TPSA) is 85.2 Å². The molecule has 0 aromatic rings. The lowest BCUT2D eigenvalue weighted by atomic mass is 10.1. The molecule has 8 heteroatoms. The number of hydrogen-bond donors (Lipinski definition) is 2. The van der Waals surface area contributed by atoms with Crippen LogP contribution in [-0.4, -0.2) is 74.1 Å². The van der Waals surface area contributed by atoms with Gasteiger partial charge in [0, 0.05) is 13.2 Å². The van der Waals surface area contributed by atoms with Crippen LogP contribution in [0.5, 0.6) is 0 Å². The summed E-state index contributed by atoms with van der Waals surface area (Å²) in [5.74, 6) is -0.935. The van der Waals surface area contributed by atoms with Gasteiger partial charge >= 0.3 is 14.6 Å². The van der Waals surface area contributed by atoms with Gasteiger partial charge in [-0.15, -0.1) is 0 Å². The molecule has 0 aromatic heterocycles. The molecule has 0 saturated heterocycles. The first kappa shape index (κ1) is 27.7. The van der Waals surface area contributed by atoms with E-state index in [1.807, 2.05) is 21.1 Å². The molecule has 28 heavy (non-hydrogen) atoms. The molecule has 168 valence electrons. The van der Waals surface area contributed by atoms with Crippen molar-refractivity contribution in [3.63, 3.8) is 0 Å². The highest BCUT2D eigenvalue weighted by atomic mass is 31.2. The second-order valence-corrected chi connectivity index (χ2v) is 9.25. The molecule has 0 amide bonds. The molecule has 0 radical (unpaired) electrons. The number of quaternary nitrogens is 1. The van der Waals surface area contributed by atoms with Gasteiger partial charge in [-0.3, -0.25) is 4.79 Å². The van der Waals surface area contributed by atoms with Gasteiger partial charge in [0.25, 0.3) is 0 Å². The molecule has 2 atom stereocenters. The molecular weight excluding hydrogens is 381 g/mol. The molecule has 0 aliphatic heterocycles. The van der Waals surface area contributed by atoms with Crippen molar-refractivity contribution in [2.75, 3.05) is 47.5 Å². The van der Waals surface area contributed by atoms with Gasteiger partial charge in [-0.25, -0.2) is 0 Å². The lowest BCUT2D eigenvalue weighted by Gasteiger charge is -2.29. The van der Waals surface area contributed by atoms with E-state index in [2.05, 4.69) is 6.92 Å². The molecule has 0 rings (SSSR count). The summed E-state index contributed by atoms with van der Waals surface area (Å²) in [6.45, 7) is 4.84. The monoisotopic (exact) mass is 424 g/mol. The van der Waals surface area contributed by atoms with Crippen molar-refractivity contribution >= 4 is 14.6 Å². The van der Waals surface area contributed by atoms with Crippen LogP contribution in [-0.2, 0) is 18.6 Å². The Labute approximate surface area is 172 Å². The third kappa shape index (κ3) is 20.4. The third-order valence-corrected chi connectivity index (χ3v) is 5.01. The Morgan fingerprint density at radius 3 is 1.96 bits per heavy atom. The second kappa shape index (κ2) is 17.5. The van der Waals surface area contributed by atoms with Gasteiger partial charge in [0.1, 0.15) is 12.6 Å². The van der Waals surface area contributed by atoms with Crippen molar-refractivity contribution in [1.82, 2.24) is 0 Å². The quantitative estimate of drug-likeness (QED) is 0.172. The molecule has 0 aliphatic rings. The van der Waals surface area contributed by atoms with E-state index in [1.165, 1.54) is 32.1 Å². The number of rotatable bonds is 20. The molecule has 0 fully saturated rings. The highest BCUT2D eigenvalue weighted by molar-refractivity contribution is 7.40. The Bertz CT molecular complexity index is 378. The fraction of sp³-hybridized carbons (Fsp3) is 0.950. The minimum atomic E-state index is -2.03. The summed E-state index contributed by atoms with van der Waals surface area (Å²) in [7, 11) is 3.84. The molecule has 0 spiro atoms. The lowest BCUT2D eigenvalue weighted by Crippen LogP contribution is -2.42. The Kier molecular flexibility index (Phi) is 17.4. The van der Waals surface area contributed by atoms with Crippen molar-refractivity contribution < 1.29 is 33.1 Å². The van der Waals surface area contributed by atoms with Crippen LogP contribution in [0, 0.1) is 0 Å². The minimum Gasteiger partial charge on any atom is -0.481 e. The Hall–Kier alpha value is -0.300. The average molecular weight is 425 g/mol. The summed E-state index contributed by atoms with van der Waals surface area (Å²) in [5, 5.41) is 8.98. The van der Waals surface area contributed by atoms with Crippen LogP contribution in [0.2, 0.25) is 0 Å². The van der Waals surface area contributed by atoms with E-state index in [1.54, 1.807) is 0 Å². The standard InChI is InChI=1S/C20H42NO6P/c1-5-14-25-15-12-10-8-6-7-9-11-13-16-26-28(24)27-19(17-20(22)23)18-21(2,3)4/h19,24H,5-18H2,1-4H3/p+1/t19?,28-/m1/s1. The van der Waals surface area contributed by atoms with Crippen LogP contribution in [0.3, 0.4) is 0 Å². The van der Waals surface area contributed by atoms with Crippen molar-refractivity contribution in [3.05, 3.63) is 0 Å². The van der Waals surface area contributed by atoms with E-state index in [-0.39, 0.29) is 6.42 Å². The first-order valence-corrected chi connectivity index (χ1v) is 11.8. The zero-order chi connectivity index (χ0) is 21.3. The van der Waals surface area contributed by atoms with Gasteiger partial charge in [-0.05, 0) is 19.3 Å². The second-order valence-electron chi connectivity index (χ2n) is 8.31. The number of nitrogens with zero attached hydrogens (tertiary/aromatic N) is 1. The summed E-state index contributed by atoms with van der Waals surface area (Å²) >= 11 is 0. The lowest BCUT2D eigenvalue weighted by molar-refractivity contribution is -0.873. The fourth-order valence-corrected chi connectivity index (χ4v) is 3.60. The average Bonchev–Trinajstić information content (AvgIpc) is 2.56. The van der Waals surface area contributed by atoms with Gasteiger partial charge in [0.15, 0.2) is 0 Å². The number of likely N-dealkylation sites (N-methyl/N-ethyl adjacent to an activating group) is 1. The molecule has 7 nitrogen and oxygen atoms in total. The van der Waals surface area contributed by atoms with Gasteiger partial charge in [-0.2, -0.15) is 0 Å². The van der Waals surface area contributed by atoms with Gasteiger partial charge < -0.3 is 28.3 Å². The molecule has 0 heterocycles. The molecule has 0 aliphatic carbocycles. The third-order valence-electron chi connectivity index (χ3n) is 4.13. The number of carboxylic acid groups (broad SMARTS) is 1. The SMILES string of the molecule is CCCOCCCCCCCCCCO[P@@](O)OC(CC(=O)O)C[N+](C)(C)C. The molecular formula is C20H43NO6P+. The van der Waals surface area contributed by atoms with E-state index in [0.717, 1.165) is 38.9 Å². The van der Waals surface area contributed by atoms with Crippen molar-refractivity contribution in [2.24, 2.45) is 0 Å². The predicted molar refractivity (Wildman–Crippen MR) is 113 cm³/mol. The maximum absolute atomic E-state index is 11.0. The van der Waals surface area contributed by atoms with Crippen LogP contribution >= 0.6 is 8.60 Å². The maximum Gasteiger partial charge on any atom is 0.330 e. The Balaban J connectivity index is 3.61. The summed E-state index contributed by atoms with van der Waals surface area (Å²) in [5.41, 5.74) is 0. The summed E-state index contributed by atoms with van der Waals surface area (Å²) in [6.07, 6.45) is 9.66. The molecule has 0 saturated carbocycles. The zero-order valence-electron chi connectivity index (χ0n) is 18.4. The number of carboxylic acids is 1. The first-order valence-electron chi connectivity index (χ1n) is 10.6. The smallest absolute Gasteiger partial charge is 0.330 e. The van der Waals surface area contributed by atoms with E-state index in [0.29, 0.717) is 17.6 Å². The van der Waals surface area contributed by atoms with E-state index < -0.39 is 20.7 Å². The molecule has 2 N–H and O–H groups in total. The van der Waals surface area contributed by atoms with Crippen molar-refractivity contribution in [2.45, 2.75) is 77.2 Å². The van der Waals surface area contributed by atoms with E-state index in [9.17, 15) is 9.69 Å². The molecule has 0 aromatic carbocycles. The number of ether oxygens (including phenoxy) is 1. The zero-order valence-corrected chi connectivity index (χ0v) is 19.3. The Morgan fingerprint density at radius 1 is 0.929 bits per heavy atom. The number of aliphatic carboxylic acids is 1. The number of carbonyl (C=O) groups is 1. The fourth-order valence-electron chi connectivity index (χ4n) is 2.85. The van der Waals surface area contributed by atoms with Gasteiger partial charge in [0.05, 0.1) is 34.2 Å². The van der Waals surface area contributed by atoms with Crippen LogP contribution in [0.4, 0.5) is 0 Å². The summed E-state index contributed by atoms with van der Waals surface area (Å²) < 4.78 is 16.8. The molecule has 1 unspecified atom stereocenters. The van der Waals surface area contributed by atoms with Crippen LogP contribution in [0.1, 0.15) is 71.1 Å². The predicted octanol–water partition coefficient (Wildman–Crippen LogP) is 4.34.